The first-order valence-electron chi connectivity index (χ1n) is 9.82. The Balaban J connectivity index is 1.50. The Hall–Kier alpha value is -3.65. The Bertz CT molecular complexity index is 1430. The van der Waals surface area contributed by atoms with E-state index in [0.717, 1.165) is 11.0 Å². The third-order valence-corrected chi connectivity index (χ3v) is 6.06. The average Bonchev–Trinajstić information content (AvgIpc) is 3.38. The van der Waals surface area contributed by atoms with Crippen LogP contribution in [0.15, 0.2) is 81.6 Å². The number of hydrogen-bond donors (Lipinski definition) is 1. The Morgan fingerprint density at radius 1 is 1.19 bits per heavy atom. The van der Waals surface area contributed by atoms with Crippen molar-refractivity contribution in [2.45, 2.75) is 23.9 Å². The minimum Gasteiger partial charge on any atom is -0.453 e. The average molecular weight is 430 g/mol. The number of H-pyrrole nitrogens is 1. The Morgan fingerprint density at radius 2 is 2.00 bits per heavy atom. The molecule has 154 valence electrons. The molecule has 0 aliphatic heterocycles. The zero-order valence-electron chi connectivity index (χ0n) is 16.8. The molecule has 0 aliphatic rings. The summed E-state index contributed by atoms with van der Waals surface area (Å²) in [6.45, 7) is 6.36. The predicted octanol–water partition coefficient (Wildman–Crippen LogP) is 4.97. The molecule has 3 heterocycles. The number of furan rings is 1. The van der Waals surface area contributed by atoms with Crippen molar-refractivity contribution in [2.75, 3.05) is 0 Å². The Kier molecular flexibility index (Phi) is 4.91. The molecule has 0 unspecified atom stereocenters. The van der Waals surface area contributed by atoms with Gasteiger partial charge in [0.15, 0.2) is 10.9 Å². The van der Waals surface area contributed by atoms with Crippen LogP contribution in [0, 0.1) is 0 Å². The number of thioether (sulfide) groups is 1. The second-order valence-corrected chi connectivity index (χ2v) is 8.39. The summed E-state index contributed by atoms with van der Waals surface area (Å²) in [6, 6.07) is 17.1. The van der Waals surface area contributed by atoms with Gasteiger partial charge in [0, 0.05) is 11.9 Å². The first-order valence-corrected chi connectivity index (χ1v) is 10.7. The Labute approximate surface area is 181 Å². The van der Waals surface area contributed by atoms with E-state index in [2.05, 4.69) is 26.7 Å². The van der Waals surface area contributed by atoms with Crippen molar-refractivity contribution in [3.63, 3.8) is 0 Å². The van der Waals surface area contributed by atoms with Gasteiger partial charge in [0.2, 0.25) is 5.82 Å². The van der Waals surface area contributed by atoms with E-state index in [9.17, 15) is 4.79 Å². The number of rotatable bonds is 6. The molecule has 1 N–H and O–H groups in total. The van der Waals surface area contributed by atoms with Crippen molar-refractivity contribution in [3.8, 4) is 11.6 Å². The number of para-hydroxylation sites is 2. The van der Waals surface area contributed by atoms with Crippen LogP contribution in [-0.2, 0) is 6.54 Å². The van der Waals surface area contributed by atoms with Crippen LogP contribution in [0.1, 0.15) is 18.0 Å². The Morgan fingerprint density at radius 3 is 2.84 bits per heavy atom. The van der Waals surface area contributed by atoms with E-state index in [4.69, 9.17) is 4.42 Å². The van der Waals surface area contributed by atoms with E-state index in [-0.39, 0.29) is 10.8 Å². The molecule has 0 saturated carbocycles. The SMILES string of the molecule is C=CCn1c(S[C@H](C)c2nc3ccccc3c(=O)[nH]2)nnc1-c1cc2ccccc2o1. The summed E-state index contributed by atoms with van der Waals surface area (Å²) in [7, 11) is 0. The molecule has 2 aromatic carbocycles. The van der Waals surface area contributed by atoms with Gasteiger partial charge in [-0.25, -0.2) is 4.98 Å². The van der Waals surface area contributed by atoms with E-state index in [1.165, 1.54) is 11.8 Å². The minimum absolute atomic E-state index is 0.145. The summed E-state index contributed by atoms with van der Waals surface area (Å²) < 4.78 is 7.93. The molecule has 8 heteroatoms. The first kappa shape index (κ1) is 19.3. The van der Waals surface area contributed by atoms with E-state index >= 15 is 0 Å². The quantitative estimate of drug-likeness (QED) is 0.303. The normalized spacial score (nSPS) is 12.4. The summed E-state index contributed by atoms with van der Waals surface area (Å²) in [5.74, 6) is 1.87. The lowest BCUT2D eigenvalue weighted by atomic mass is 10.2. The van der Waals surface area contributed by atoms with Crippen LogP contribution in [0.5, 0.6) is 0 Å². The summed E-state index contributed by atoms with van der Waals surface area (Å²) in [5, 5.41) is 10.9. The van der Waals surface area contributed by atoms with Crippen LogP contribution < -0.4 is 5.56 Å². The zero-order valence-corrected chi connectivity index (χ0v) is 17.6. The van der Waals surface area contributed by atoms with E-state index in [0.29, 0.717) is 40.0 Å². The number of benzene rings is 2. The van der Waals surface area contributed by atoms with Crippen LogP contribution in [0.4, 0.5) is 0 Å². The molecule has 0 radical (unpaired) electrons. The van der Waals surface area contributed by atoms with Crippen molar-refractivity contribution >= 4 is 33.6 Å². The second kappa shape index (κ2) is 7.88. The summed E-state index contributed by atoms with van der Waals surface area (Å²) in [5.41, 5.74) is 1.32. The highest BCUT2D eigenvalue weighted by Gasteiger charge is 2.21. The molecule has 0 fully saturated rings. The number of aromatic amines is 1. The lowest BCUT2D eigenvalue weighted by Gasteiger charge is -2.12. The number of fused-ring (bicyclic) bond motifs is 2. The monoisotopic (exact) mass is 429 g/mol. The molecule has 0 saturated heterocycles. The molecule has 0 amide bonds. The maximum atomic E-state index is 12.4. The number of nitrogens with one attached hydrogen (secondary N) is 1. The molecule has 7 nitrogen and oxygen atoms in total. The van der Waals surface area contributed by atoms with Crippen LogP contribution in [-0.4, -0.2) is 24.7 Å². The summed E-state index contributed by atoms with van der Waals surface area (Å²) >= 11 is 1.47. The number of aromatic nitrogens is 5. The molecule has 0 aliphatic carbocycles. The van der Waals surface area contributed by atoms with Gasteiger partial charge >= 0.3 is 0 Å². The lowest BCUT2D eigenvalue weighted by molar-refractivity contribution is 0.613. The van der Waals surface area contributed by atoms with Crippen molar-refractivity contribution in [1.82, 2.24) is 24.7 Å². The third kappa shape index (κ3) is 3.55. The van der Waals surface area contributed by atoms with Crippen LogP contribution in [0.25, 0.3) is 33.5 Å². The molecule has 0 spiro atoms. The van der Waals surface area contributed by atoms with Gasteiger partial charge in [0.25, 0.3) is 5.56 Å². The van der Waals surface area contributed by atoms with Gasteiger partial charge in [-0.15, -0.1) is 16.8 Å². The van der Waals surface area contributed by atoms with E-state index < -0.39 is 0 Å². The lowest BCUT2D eigenvalue weighted by Crippen LogP contribution is -2.13. The van der Waals surface area contributed by atoms with Gasteiger partial charge < -0.3 is 9.40 Å². The molecule has 3 aromatic heterocycles. The van der Waals surface area contributed by atoms with Crippen LogP contribution in [0.3, 0.4) is 0 Å². The largest absolute Gasteiger partial charge is 0.453 e. The highest BCUT2D eigenvalue weighted by molar-refractivity contribution is 7.99. The third-order valence-electron chi connectivity index (χ3n) is 4.97. The number of hydrogen-bond acceptors (Lipinski definition) is 6. The van der Waals surface area contributed by atoms with Crippen molar-refractivity contribution in [2.24, 2.45) is 0 Å². The second-order valence-electron chi connectivity index (χ2n) is 7.08. The fourth-order valence-electron chi connectivity index (χ4n) is 3.45. The van der Waals surface area contributed by atoms with E-state index in [1.807, 2.05) is 60.0 Å². The minimum atomic E-state index is -0.149. The zero-order chi connectivity index (χ0) is 21.4. The summed E-state index contributed by atoms with van der Waals surface area (Å²) in [6.07, 6.45) is 1.79. The molecule has 5 aromatic rings. The van der Waals surface area contributed by atoms with Crippen molar-refractivity contribution < 1.29 is 4.42 Å². The topological polar surface area (TPSA) is 89.6 Å². The van der Waals surface area contributed by atoms with Gasteiger partial charge in [-0.1, -0.05) is 48.2 Å². The van der Waals surface area contributed by atoms with Crippen molar-refractivity contribution in [3.05, 3.63) is 83.4 Å². The highest BCUT2D eigenvalue weighted by Crippen LogP contribution is 2.35. The van der Waals surface area contributed by atoms with Crippen LogP contribution in [0.2, 0.25) is 0 Å². The molecule has 5 rings (SSSR count). The van der Waals surface area contributed by atoms with Gasteiger partial charge in [-0.2, -0.15) is 0 Å². The smallest absolute Gasteiger partial charge is 0.258 e. The molecular weight excluding hydrogens is 410 g/mol. The van der Waals surface area contributed by atoms with Gasteiger partial charge in [0.1, 0.15) is 11.4 Å². The molecular formula is C23H19N5O2S. The highest BCUT2D eigenvalue weighted by atomic mass is 32.2. The van der Waals surface area contributed by atoms with E-state index in [1.54, 1.807) is 12.1 Å². The standard InChI is InChI=1S/C23H19N5O2S/c1-3-12-28-21(19-13-15-8-4-7-11-18(15)30-19)26-27-23(28)31-14(2)20-24-17-10-6-5-9-16(17)22(29)25-20/h3-11,13-14H,1,12H2,2H3,(H,24,25,29)/t14-/m1/s1. The molecule has 0 bridgehead atoms. The van der Waals surface area contributed by atoms with Gasteiger partial charge in [0.05, 0.1) is 16.2 Å². The number of allylic oxidation sites excluding steroid dienone is 1. The fraction of sp³-hybridized carbons (Fsp3) is 0.130. The predicted molar refractivity (Wildman–Crippen MR) is 122 cm³/mol. The number of nitrogens with zero attached hydrogens (tertiary/aromatic N) is 4. The first-order chi connectivity index (χ1) is 15.1. The molecule has 31 heavy (non-hydrogen) atoms. The van der Waals surface area contributed by atoms with Crippen molar-refractivity contribution in [1.29, 1.82) is 0 Å². The maximum Gasteiger partial charge on any atom is 0.258 e. The van der Waals surface area contributed by atoms with Gasteiger partial charge in [-0.3, -0.25) is 9.36 Å². The van der Waals surface area contributed by atoms with Gasteiger partial charge in [-0.05, 0) is 31.2 Å². The van der Waals surface area contributed by atoms with Crippen LogP contribution >= 0.6 is 11.8 Å². The summed E-state index contributed by atoms with van der Waals surface area (Å²) in [4.78, 5) is 20.0. The maximum absolute atomic E-state index is 12.4. The molecule has 1 atom stereocenters. The fourth-order valence-corrected chi connectivity index (χ4v) is 4.37.